The number of sulfonamides is 1. The molecule has 0 heterocycles. The standard InChI is InChI=1S/C14H22N2O3S/c1-6-10(2)14(17)15-20(18,19)12-8-7-11(3)13(9-12)16(4)5/h7-10H,6H2,1-5H3,(H,15,17)/t10-/m1/s1. The van der Waals surface area contributed by atoms with Crippen LogP contribution in [0.15, 0.2) is 23.1 Å². The molecule has 20 heavy (non-hydrogen) atoms. The summed E-state index contributed by atoms with van der Waals surface area (Å²) in [5, 5.41) is 0. The van der Waals surface area contributed by atoms with Crippen molar-refractivity contribution < 1.29 is 13.2 Å². The average Bonchev–Trinajstić information content (AvgIpc) is 2.36. The van der Waals surface area contributed by atoms with E-state index < -0.39 is 15.9 Å². The number of aryl methyl sites for hydroxylation is 1. The summed E-state index contributed by atoms with van der Waals surface area (Å²) in [6, 6.07) is 4.81. The molecule has 0 aliphatic rings. The molecule has 1 amide bonds. The smallest absolute Gasteiger partial charge is 0.264 e. The molecule has 5 nitrogen and oxygen atoms in total. The number of rotatable bonds is 5. The van der Waals surface area contributed by atoms with E-state index in [0.717, 1.165) is 11.3 Å². The summed E-state index contributed by atoms with van der Waals surface area (Å²) in [4.78, 5) is 13.7. The van der Waals surface area contributed by atoms with Gasteiger partial charge in [-0.3, -0.25) is 4.79 Å². The van der Waals surface area contributed by atoms with Gasteiger partial charge in [0, 0.05) is 25.7 Å². The van der Waals surface area contributed by atoms with Gasteiger partial charge in [-0.25, -0.2) is 13.1 Å². The quantitative estimate of drug-likeness (QED) is 0.902. The van der Waals surface area contributed by atoms with E-state index in [0.29, 0.717) is 6.42 Å². The van der Waals surface area contributed by atoms with Crippen LogP contribution in [0.5, 0.6) is 0 Å². The largest absolute Gasteiger partial charge is 0.377 e. The molecule has 0 saturated heterocycles. The van der Waals surface area contributed by atoms with Crippen LogP contribution in [-0.2, 0) is 14.8 Å². The lowest BCUT2D eigenvalue weighted by molar-refractivity contribution is -0.122. The minimum absolute atomic E-state index is 0.100. The van der Waals surface area contributed by atoms with Crippen molar-refractivity contribution in [1.29, 1.82) is 0 Å². The molecule has 0 saturated carbocycles. The van der Waals surface area contributed by atoms with Crippen LogP contribution < -0.4 is 9.62 Å². The maximum Gasteiger partial charge on any atom is 0.264 e. The zero-order valence-corrected chi connectivity index (χ0v) is 13.4. The lowest BCUT2D eigenvalue weighted by Gasteiger charge is -2.17. The minimum atomic E-state index is -3.81. The van der Waals surface area contributed by atoms with Crippen LogP contribution in [0.3, 0.4) is 0 Å². The van der Waals surface area contributed by atoms with E-state index in [1.54, 1.807) is 19.1 Å². The molecule has 0 unspecified atom stereocenters. The third-order valence-electron chi connectivity index (χ3n) is 3.27. The molecule has 6 heteroatoms. The highest BCUT2D eigenvalue weighted by molar-refractivity contribution is 7.90. The number of carbonyl (C=O) groups is 1. The molecule has 112 valence electrons. The normalized spacial score (nSPS) is 12.8. The predicted molar refractivity (Wildman–Crippen MR) is 80.3 cm³/mol. The topological polar surface area (TPSA) is 66.5 Å². The number of amides is 1. The van der Waals surface area contributed by atoms with Gasteiger partial charge in [0.05, 0.1) is 4.90 Å². The summed E-state index contributed by atoms with van der Waals surface area (Å²) in [6.45, 7) is 5.45. The van der Waals surface area contributed by atoms with Crippen LogP contribution in [0.2, 0.25) is 0 Å². The second-order valence-corrected chi connectivity index (χ2v) is 6.80. The van der Waals surface area contributed by atoms with E-state index in [2.05, 4.69) is 4.72 Å². The van der Waals surface area contributed by atoms with Crippen LogP contribution in [0, 0.1) is 12.8 Å². The van der Waals surface area contributed by atoms with Crippen LogP contribution in [0.4, 0.5) is 5.69 Å². The van der Waals surface area contributed by atoms with Gasteiger partial charge in [-0.1, -0.05) is 19.9 Å². The Morgan fingerprint density at radius 3 is 2.45 bits per heavy atom. The van der Waals surface area contributed by atoms with Gasteiger partial charge in [-0.05, 0) is 31.0 Å². The van der Waals surface area contributed by atoms with Gasteiger partial charge in [-0.2, -0.15) is 0 Å². The zero-order valence-electron chi connectivity index (χ0n) is 12.6. The molecule has 0 aliphatic carbocycles. The van der Waals surface area contributed by atoms with Crippen molar-refractivity contribution in [2.75, 3.05) is 19.0 Å². The molecule has 0 aliphatic heterocycles. The molecular formula is C14H22N2O3S. The first-order valence-corrected chi connectivity index (χ1v) is 8.02. The van der Waals surface area contributed by atoms with Crippen molar-refractivity contribution in [3.8, 4) is 0 Å². The Hall–Kier alpha value is -1.56. The summed E-state index contributed by atoms with van der Waals surface area (Å²) in [6.07, 6.45) is 0.595. The van der Waals surface area contributed by atoms with Gasteiger partial charge in [0.15, 0.2) is 0 Å². The summed E-state index contributed by atoms with van der Waals surface area (Å²) < 4.78 is 26.5. The second-order valence-electron chi connectivity index (χ2n) is 5.12. The van der Waals surface area contributed by atoms with Gasteiger partial charge in [0.25, 0.3) is 10.0 Å². The van der Waals surface area contributed by atoms with Gasteiger partial charge < -0.3 is 4.90 Å². The maximum absolute atomic E-state index is 12.2. The maximum atomic E-state index is 12.2. The Morgan fingerprint density at radius 2 is 1.95 bits per heavy atom. The van der Waals surface area contributed by atoms with Crippen LogP contribution in [0.1, 0.15) is 25.8 Å². The third kappa shape index (κ3) is 3.72. The van der Waals surface area contributed by atoms with Crippen molar-refractivity contribution in [3.05, 3.63) is 23.8 Å². The van der Waals surface area contributed by atoms with Gasteiger partial charge in [0.1, 0.15) is 0 Å². The fourth-order valence-corrected chi connectivity index (χ4v) is 2.81. The first kappa shape index (κ1) is 16.5. The fraction of sp³-hybridized carbons (Fsp3) is 0.500. The lowest BCUT2D eigenvalue weighted by Crippen LogP contribution is -2.34. The fourth-order valence-electron chi connectivity index (χ4n) is 1.72. The van der Waals surface area contributed by atoms with Gasteiger partial charge >= 0.3 is 0 Å². The summed E-state index contributed by atoms with van der Waals surface area (Å²) >= 11 is 0. The number of nitrogens with one attached hydrogen (secondary N) is 1. The zero-order chi connectivity index (χ0) is 15.5. The molecule has 0 spiro atoms. The number of anilines is 1. The first-order valence-electron chi connectivity index (χ1n) is 6.53. The lowest BCUT2D eigenvalue weighted by atomic mass is 10.1. The molecule has 0 bridgehead atoms. The molecule has 1 aromatic rings. The second kappa shape index (κ2) is 6.26. The highest BCUT2D eigenvalue weighted by Gasteiger charge is 2.21. The van der Waals surface area contributed by atoms with Crippen molar-refractivity contribution in [1.82, 2.24) is 4.72 Å². The van der Waals surface area contributed by atoms with E-state index in [1.165, 1.54) is 6.07 Å². The number of hydrogen-bond acceptors (Lipinski definition) is 4. The molecule has 0 aromatic heterocycles. The van der Waals surface area contributed by atoms with Crippen molar-refractivity contribution in [2.24, 2.45) is 5.92 Å². The van der Waals surface area contributed by atoms with E-state index in [1.807, 2.05) is 32.8 Å². The molecular weight excluding hydrogens is 276 g/mol. The summed E-state index contributed by atoms with van der Waals surface area (Å²) in [5.74, 6) is -0.803. The highest BCUT2D eigenvalue weighted by Crippen LogP contribution is 2.22. The number of nitrogens with zero attached hydrogens (tertiary/aromatic N) is 1. The predicted octanol–water partition coefficient (Wildman–Crippen LogP) is 1.91. The Labute approximate surface area is 121 Å². The summed E-state index contributed by atoms with van der Waals surface area (Å²) in [5.41, 5.74) is 1.78. The minimum Gasteiger partial charge on any atom is -0.377 e. The number of carbonyl (C=O) groups excluding carboxylic acids is 1. The Bertz CT molecular complexity index is 594. The Morgan fingerprint density at radius 1 is 1.35 bits per heavy atom. The van der Waals surface area contributed by atoms with E-state index in [4.69, 9.17) is 0 Å². The monoisotopic (exact) mass is 298 g/mol. The van der Waals surface area contributed by atoms with Crippen molar-refractivity contribution >= 4 is 21.6 Å². The highest BCUT2D eigenvalue weighted by atomic mass is 32.2. The molecule has 0 fully saturated rings. The van der Waals surface area contributed by atoms with Crippen LogP contribution in [0.25, 0.3) is 0 Å². The molecule has 1 rings (SSSR count). The van der Waals surface area contributed by atoms with Gasteiger partial charge in [0.2, 0.25) is 5.91 Å². The Balaban J connectivity index is 3.11. The Kier molecular flexibility index (Phi) is 5.16. The molecule has 1 aromatic carbocycles. The van der Waals surface area contributed by atoms with Crippen molar-refractivity contribution in [3.63, 3.8) is 0 Å². The van der Waals surface area contributed by atoms with E-state index >= 15 is 0 Å². The molecule has 1 N–H and O–H groups in total. The third-order valence-corrected chi connectivity index (χ3v) is 4.61. The summed E-state index contributed by atoms with van der Waals surface area (Å²) in [7, 11) is -0.126. The molecule has 0 radical (unpaired) electrons. The van der Waals surface area contributed by atoms with Crippen LogP contribution in [-0.4, -0.2) is 28.4 Å². The van der Waals surface area contributed by atoms with E-state index in [9.17, 15) is 13.2 Å². The average molecular weight is 298 g/mol. The van der Waals surface area contributed by atoms with Crippen LogP contribution >= 0.6 is 0 Å². The van der Waals surface area contributed by atoms with Gasteiger partial charge in [-0.15, -0.1) is 0 Å². The van der Waals surface area contributed by atoms with Crippen molar-refractivity contribution in [2.45, 2.75) is 32.1 Å². The molecule has 1 atom stereocenters. The number of benzene rings is 1. The van der Waals surface area contributed by atoms with E-state index in [-0.39, 0.29) is 10.8 Å². The SMILES string of the molecule is CC[C@@H](C)C(=O)NS(=O)(=O)c1ccc(C)c(N(C)C)c1. The number of hydrogen-bond donors (Lipinski definition) is 1. The first-order chi connectivity index (χ1) is 9.19.